The highest BCUT2D eigenvalue weighted by atomic mass is 19.4. The van der Waals surface area contributed by atoms with Crippen LogP contribution in [0.3, 0.4) is 0 Å². The summed E-state index contributed by atoms with van der Waals surface area (Å²) in [4.78, 5) is 17.4. The Morgan fingerprint density at radius 3 is 2.72 bits per heavy atom. The third-order valence-corrected chi connectivity index (χ3v) is 4.50. The Hall–Kier alpha value is -2.42. The van der Waals surface area contributed by atoms with Gasteiger partial charge in [-0.2, -0.15) is 0 Å². The van der Waals surface area contributed by atoms with Gasteiger partial charge in [0.1, 0.15) is 11.4 Å². The summed E-state index contributed by atoms with van der Waals surface area (Å²) >= 11 is 0. The smallest absolute Gasteiger partial charge is 0.444 e. The number of halogens is 3. The SMILES string of the molecule is CC(C)(C)OC(=O)NC1CCCN(Cc2cc3cc(OC(F)(F)F)ccc3[nH]2)C1. The summed E-state index contributed by atoms with van der Waals surface area (Å²) in [5, 5.41) is 3.57. The van der Waals surface area contributed by atoms with E-state index in [0.717, 1.165) is 30.6 Å². The van der Waals surface area contributed by atoms with Crippen LogP contribution in [0.2, 0.25) is 0 Å². The number of amides is 1. The van der Waals surface area contributed by atoms with Crippen molar-refractivity contribution in [3.63, 3.8) is 0 Å². The molecule has 6 nitrogen and oxygen atoms in total. The first-order valence-electron chi connectivity index (χ1n) is 9.56. The molecule has 0 spiro atoms. The molecular weight excluding hydrogens is 387 g/mol. The van der Waals surface area contributed by atoms with Crippen molar-refractivity contribution in [3.05, 3.63) is 30.0 Å². The summed E-state index contributed by atoms with van der Waals surface area (Å²) in [5.74, 6) is -0.241. The lowest BCUT2D eigenvalue weighted by Gasteiger charge is -2.33. The van der Waals surface area contributed by atoms with Crippen LogP contribution in [-0.2, 0) is 11.3 Å². The highest BCUT2D eigenvalue weighted by Crippen LogP contribution is 2.27. The van der Waals surface area contributed by atoms with Gasteiger partial charge in [-0.1, -0.05) is 0 Å². The van der Waals surface area contributed by atoms with Gasteiger partial charge in [0.15, 0.2) is 0 Å². The van der Waals surface area contributed by atoms with Gasteiger partial charge in [0.05, 0.1) is 0 Å². The molecule has 2 aromatic rings. The van der Waals surface area contributed by atoms with Gasteiger partial charge in [-0.15, -0.1) is 13.2 Å². The quantitative estimate of drug-likeness (QED) is 0.772. The number of alkyl halides is 3. The van der Waals surface area contributed by atoms with Crippen molar-refractivity contribution in [2.75, 3.05) is 13.1 Å². The van der Waals surface area contributed by atoms with Crippen LogP contribution < -0.4 is 10.1 Å². The predicted molar refractivity (Wildman–Crippen MR) is 103 cm³/mol. The van der Waals surface area contributed by atoms with Crippen molar-refractivity contribution in [2.24, 2.45) is 0 Å². The molecule has 9 heteroatoms. The van der Waals surface area contributed by atoms with E-state index in [0.29, 0.717) is 18.5 Å². The molecule has 2 N–H and O–H groups in total. The molecule has 1 aliphatic heterocycles. The molecule has 1 fully saturated rings. The number of benzene rings is 1. The molecule has 2 heterocycles. The predicted octanol–water partition coefficient (Wildman–Crippen LogP) is 4.56. The minimum absolute atomic E-state index is 0.00485. The maximum atomic E-state index is 12.4. The summed E-state index contributed by atoms with van der Waals surface area (Å²) in [6.07, 6.45) is -3.33. The summed E-state index contributed by atoms with van der Waals surface area (Å²) in [7, 11) is 0. The fourth-order valence-corrected chi connectivity index (χ4v) is 3.49. The minimum Gasteiger partial charge on any atom is -0.444 e. The summed E-state index contributed by atoms with van der Waals surface area (Å²) in [6, 6.07) is 6.05. The molecule has 29 heavy (non-hydrogen) atoms. The van der Waals surface area contributed by atoms with Crippen LogP contribution in [0.25, 0.3) is 10.9 Å². The number of likely N-dealkylation sites (tertiary alicyclic amines) is 1. The number of alkyl carbamates (subject to hydrolysis) is 1. The molecule has 1 aromatic heterocycles. The lowest BCUT2D eigenvalue weighted by atomic mass is 10.1. The van der Waals surface area contributed by atoms with Crippen molar-refractivity contribution in [1.29, 1.82) is 0 Å². The number of carbonyl (C=O) groups is 1. The number of nitrogens with zero attached hydrogens (tertiary/aromatic N) is 1. The Balaban J connectivity index is 1.60. The lowest BCUT2D eigenvalue weighted by molar-refractivity contribution is -0.274. The molecular formula is C20H26F3N3O3. The fraction of sp³-hybridized carbons (Fsp3) is 0.550. The molecule has 1 amide bonds. The monoisotopic (exact) mass is 413 g/mol. The number of aromatic amines is 1. The highest BCUT2D eigenvalue weighted by Gasteiger charge is 2.31. The molecule has 1 saturated heterocycles. The van der Waals surface area contributed by atoms with E-state index in [-0.39, 0.29) is 11.8 Å². The standard InChI is InChI=1S/C20H26F3N3O3/c1-19(2,3)29-18(27)25-14-5-4-8-26(11-14)12-15-9-13-10-16(28-20(21,22)23)6-7-17(13)24-15/h6-7,9-10,14,24H,4-5,8,11-12H2,1-3H3,(H,25,27). The van der Waals surface area contributed by atoms with Gasteiger partial charge in [-0.3, -0.25) is 4.90 Å². The van der Waals surface area contributed by atoms with Gasteiger partial charge < -0.3 is 19.8 Å². The van der Waals surface area contributed by atoms with Crippen molar-refractivity contribution >= 4 is 17.0 Å². The molecule has 1 aromatic carbocycles. The summed E-state index contributed by atoms with van der Waals surface area (Å²) < 4.78 is 46.5. The van der Waals surface area contributed by atoms with Gasteiger partial charge in [-0.05, 0) is 64.4 Å². The fourth-order valence-electron chi connectivity index (χ4n) is 3.49. The van der Waals surface area contributed by atoms with Crippen LogP contribution in [0, 0.1) is 0 Å². The normalized spacial score (nSPS) is 18.6. The third-order valence-electron chi connectivity index (χ3n) is 4.50. The first-order chi connectivity index (χ1) is 13.5. The molecule has 0 saturated carbocycles. The van der Waals surface area contributed by atoms with Gasteiger partial charge in [0.2, 0.25) is 0 Å². The number of hydrogen-bond donors (Lipinski definition) is 2. The second-order valence-corrected chi connectivity index (χ2v) is 8.31. The molecule has 1 atom stereocenters. The number of rotatable bonds is 4. The minimum atomic E-state index is -4.71. The Morgan fingerprint density at radius 2 is 2.03 bits per heavy atom. The number of nitrogens with one attached hydrogen (secondary N) is 2. The number of aromatic nitrogens is 1. The average molecular weight is 413 g/mol. The van der Waals surface area contributed by atoms with E-state index in [2.05, 4.69) is 19.9 Å². The van der Waals surface area contributed by atoms with Crippen molar-refractivity contribution in [2.45, 2.75) is 58.2 Å². The zero-order chi connectivity index (χ0) is 21.2. The Labute approximate surface area is 167 Å². The summed E-state index contributed by atoms with van der Waals surface area (Å²) in [5.41, 5.74) is 1.09. The van der Waals surface area contributed by atoms with Crippen LogP contribution in [0.1, 0.15) is 39.3 Å². The van der Waals surface area contributed by atoms with Gasteiger partial charge in [-0.25, -0.2) is 4.79 Å². The average Bonchev–Trinajstić information content (AvgIpc) is 2.93. The first-order valence-corrected chi connectivity index (χ1v) is 9.56. The molecule has 1 aliphatic rings. The molecule has 0 aliphatic carbocycles. The number of piperidine rings is 1. The number of carbonyl (C=O) groups excluding carboxylic acids is 1. The van der Waals surface area contributed by atoms with E-state index in [1.807, 2.05) is 26.8 Å². The van der Waals surface area contributed by atoms with Crippen LogP contribution in [0.5, 0.6) is 5.75 Å². The van der Waals surface area contributed by atoms with Gasteiger partial charge in [0, 0.05) is 35.7 Å². The molecule has 3 rings (SSSR count). The lowest BCUT2D eigenvalue weighted by Crippen LogP contribution is -2.48. The molecule has 0 radical (unpaired) electrons. The van der Waals surface area contributed by atoms with E-state index in [1.165, 1.54) is 12.1 Å². The largest absolute Gasteiger partial charge is 0.573 e. The highest BCUT2D eigenvalue weighted by molar-refractivity contribution is 5.81. The van der Waals surface area contributed by atoms with Crippen LogP contribution in [0.4, 0.5) is 18.0 Å². The second-order valence-electron chi connectivity index (χ2n) is 8.31. The zero-order valence-electron chi connectivity index (χ0n) is 16.7. The first kappa shape index (κ1) is 21.3. The van der Waals surface area contributed by atoms with E-state index in [4.69, 9.17) is 4.74 Å². The van der Waals surface area contributed by atoms with Crippen molar-refractivity contribution in [3.8, 4) is 5.75 Å². The second kappa shape index (κ2) is 8.14. The number of ether oxygens (including phenoxy) is 2. The Kier molecular flexibility index (Phi) is 5.97. The van der Waals surface area contributed by atoms with Crippen molar-refractivity contribution in [1.82, 2.24) is 15.2 Å². The molecule has 160 valence electrons. The summed E-state index contributed by atoms with van der Waals surface area (Å²) in [6.45, 7) is 7.63. The van der Waals surface area contributed by atoms with E-state index in [9.17, 15) is 18.0 Å². The van der Waals surface area contributed by atoms with Crippen LogP contribution >= 0.6 is 0 Å². The van der Waals surface area contributed by atoms with E-state index >= 15 is 0 Å². The topological polar surface area (TPSA) is 66.6 Å². The van der Waals surface area contributed by atoms with E-state index < -0.39 is 18.1 Å². The van der Waals surface area contributed by atoms with Gasteiger partial charge >= 0.3 is 12.5 Å². The van der Waals surface area contributed by atoms with Crippen LogP contribution in [-0.4, -0.2) is 47.1 Å². The van der Waals surface area contributed by atoms with Crippen molar-refractivity contribution < 1.29 is 27.4 Å². The van der Waals surface area contributed by atoms with E-state index in [1.54, 1.807) is 6.07 Å². The Morgan fingerprint density at radius 1 is 1.28 bits per heavy atom. The number of H-pyrrole nitrogens is 1. The van der Waals surface area contributed by atoms with Gasteiger partial charge in [0.25, 0.3) is 0 Å². The zero-order valence-corrected chi connectivity index (χ0v) is 16.7. The molecule has 1 unspecified atom stereocenters. The Bertz CT molecular complexity index is 858. The third kappa shape index (κ3) is 6.56. The van der Waals surface area contributed by atoms with Crippen LogP contribution in [0.15, 0.2) is 24.3 Å². The maximum Gasteiger partial charge on any atom is 0.573 e. The maximum absolute atomic E-state index is 12.4. The number of fused-ring (bicyclic) bond motifs is 1. The molecule has 0 bridgehead atoms. The number of hydrogen-bond acceptors (Lipinski definition) is 4.